The summed E-state index contributed by atoms with van der Waals surface area (Å²) in [7, 11) is 0. The Morgan fingerprint density at radius 1 is 0.525 bits per heavy atom. The molecule has 6 rings (SSSR count). The molecule has 2 aromatic carbocycles. The number of H-pyrrole nitrogens is 2. The molecule has 0 unspecified atom stereocenters. The molecule has 40 heavy (non-hydrogen) atoms. The van der Waals surface area contributed by atoms with E-state index in [0.29, 0.717) is 11.0 Å². The summed E-state index contributed by atoms with van der Waals surface area (Å²) in [6.45, 7) is 22.5. The zero-order chi connectivity index (χ0) is 30.5. The Labute approximate surface area is 238 Å². The van der Waals surface area contributed by atoms with E-state index in [4.69, 9.17) is 0 Å². The number of nitrogens with one attached hydrogen (secondary N) is 2. The van der Waals surface area contributed by atoms with Gasteiger partial charge in [-0.15, -0.1) is 13.2 Å². The number of hydrogen-bond donors (Lipinski definition) is 2. The second-order valence-electron chi connectivity index (χ2n) is 7.29. The van der Waals surface area contributed by atoms with Crippen LogP contribution in [-0.2, 0) is 0 Å². The molecule has 0 aliphatic carbocycles. The third kappa shape index (κ3) is 9.31. The molecule has 214 valence electrons. The van der Waals surface area contributed by atoms with Crippen molar-refractivity contribution in [2.24, 2.45) is 0 Å². The van der Waals surface area contributed by atoms with Gasteiger partial charge in [0.15, 0.2) is 0 Å². The predicted molar refractivity (Wildman–Crippen MR) is 177 cm³/mol. The summed E-state index contributed by atoms with van der Waals surface area (Å²) in [6, 6.07) is 22.9. The molecule has 6 nitrogen and oxygen atoms in total. The molecule has 0 saturated heterocycles. The van der Waals surface area contributed by atoms with Gasteiger partial charge in [0.25, 0.3) is 11.1 Å². The quantitative estimate of drug-likeness (QED) is 0.188. The molecule has 6 heteroatoms. The second kappa shape index (κ2) is 20.4. The van der Waals surface area contributed by atoms with Gasteiger partial charge in [0.05, 0.1) is 22.1 Å². The van der Waals surface area contributed by atoms with Crippen LogP contribution in [0.2, 0.25) is 0 Å². The van der Waals surface area contributed by atoms with Gasteiger partial charge in [-0.3, -0.25) is 9.59 Å². The first kappa shape index (κ1) is 35.4. The van der Waals surface area contributed by atoms with Crippen LogP contribution in [-0.4, -0.2) is 18.8 Å². The van der Waals surface area contributed by atoms with Gasteiger partial charge in [0.2, 0.25) is 0 Å². The van der Waals surface area contributed by atoms with Crippen molar-refractivity contribution in [2.45, 2.75) is 55.4 Å². The molecule has 0 radical (unpaired) electrons. The molecule has 0 atom stereocenters. The lowest BCUT2D eigenvalue weighted by Crippen LogP contribution is -2.09. The molecule has 4 aromatic heterocycles. The minimum absolute atomic E-state index is 0.0475. The van der Waals surface area contributed by atoms with Gasteiger partial charge >= 0.3 is 0 Å². The van der Waals surface area contributed by atoms with Crippen molar-refractivity contribution < 1.29 is 0 Å². The number of aromatic nitrogens is 4. The summed E-state index contributed by atoms with van der Waals surface area (Å²) in [5, 5.41) is 0. The van der Waals surface area contributed by atoms with Crippen LogP contribution < -0.4 is 11.1 Å². The van der Waals surface area contributed by atoms with Crippen molar-refractivity contribution in [3.8, 4) is 0 Å². The highest BCUT2D eigenvalue weighted by molar-refractivity contribution is 5.78. The highest BCUT2D eigenvalue weighted by Crippen LogP contribution is 2.12. The SMILES string of the molecule is C=CC.C=CC.CC.CC.CC.O=c1[nH]c2ccccc2n2cccc12.O=c1[nH]c2ccccc2n2cccc12. The summed E-state index contributed by atoms with van der Waals surface area (Å²) in [4.78, 5) is 28.8. The number of fused-ring (bicyclic) bond motifs is 6. The van der Waals surface area contributed by atoms with Crippen LogP contribution in [0.1, 0.15) is 55.4 Å². The van der Waals surface area contributed by atoms with Gasteiger partial charge in [-0.05, 0) is 62.4 Å². The maximum atomic E-state index is 11.6. The zero-order valence-electron chi connectivity index (χ0n) is 25.4. The Morgan fingerprint density at radius 2 is 0.800 bits per heavy atom. The number of rotatable bonds is 0. The monoisotopic (exact) mass is 542 g/mol. The van der Waals surface area contributed by atoms with Crippen LogP contribution in [0.5, 0.6) is 0 Å². The topological polar surface area (TPSA) is 74.5 Å². The standard InChI is InChI=1S/2C11H8N2O.2C3H6.3C2H6/c2*14-11-10-6-3-7-13(10)9-5-2-1-4-8(9)12-11;2*1-3-2;3*1-2/h2*1-7H,(H,12,14);2*3H,1H2,2H3;3*1-2H3. The van der Waals surface area contributed by atoms with E-state index in [1.165, 1.54) is 0 Å². The number of benzene rings is 2. The fraction of sp³-hybridized carbons (Fsp3) is 0.235. The van der Waals surface area contributed by atoms with E-state index in [1.807, 2.05) is 149 Å². The number of nitrogens with zero attached hydrogens (tertiary/aromatic N) is 2. The Kier molecular flexibility index (Phi) is 18.1. The summed E-state index contributed by atoms with van der Waals surface area (Å²) in [6.07, 6.45) is 7.29. The molecule has 0 fully saturated rings. The van der Waals surface area contributed by atoms with Crippen molar-refractivity contribution in [3.63, 3.8) is 0 Å². The van der Waals surface area contributed by atoms with E-state index in [9.17, 15) is 9.59 Å². The van der Waals surface area contributed by atoms with Crippen LogP contribution in [0.3, 0.4) is 0 Å². The third-order valence-corrected chi connectivity index (χ3v) is 4.79. The summed E-state index contributed by atoms with van der Waals surface area (Å²) < 4.78 is 3.79. The van der Waals surface area contributed by atoms with Gasteiger partial charge in [-0.25, -0.2) is 0 Å². The van der Waals surface area contributed by atoms with Crippen LogP contribution in [0.25, 0.3) is 33.1 Å². The fourth-order valence-corrected chi connectivity index (χ4v) is 3.50. The summed E-state index contributed by atoms with van der Waals surface area (Å²) in [5.41, 5.74) is 5.04. The van der Waals surface area contributed by atoms with Crippen LogP contribution >= 0.6 is 0 Å². The van der Waals surface area contributed by atoms with E-state index in [0.717, 1.165) is 22.1 Å². The van der Waals surface area contributed by atoms with Crippen molar-refractivity contribution >= 4 is 33.1 Å². The first-order valence-electron chi connectivity index (χ1n) is 13.9. The minimum Gasteiger partial charge on any atom is -0.319 e. The molecule has 6 aromatic rings. The molecule has 0 saturated carbocycles. The van der Waals surface area contributed by atoms with E-state index in [1.54, 1.807) is 12.2 Å². The lowest BCUT2D eigenvalue weighted by atomic mass is 10.3. The summed E-state index contributed by atoms with van der Waals surface area (Å²) >= 11 is 0. The third-order valence-electron chi connectivity index (χ3n) is 4.79. The van der Waals surface area contributed by atoms with Crippen molar-refractivity contribution in [1.29, 1.82) is 0 Å². The van der Waals surface area contributed by atoms with Gasteiger partial charge < -0.3 is 18.8 Å². The average Bonchev–Trinajstić information content (AvgIpc) is 3.70. The van der Waals surface area contributed by atoms with Crippen molar-refractivity contribution in [3.05, 3.63) is 131 Å². The maximum absolute atomic E-state index is 11.6. The maximum Gasteiger partial charge on any atom is 0.272 e. The molecular weight excluding hydrogens is 496 g/mol. The molecule has 0 aliphatic rings. The molecule has 0 spiro atoms. The molecule has 0 bridgehead atoms. The zero-order valence-corrected chi connectivity index (χ0v) is 25.4. The number of hydrogen-bond acceptors (Lipinski definition) is 2. The second-order valence-corrected chi connectivity index (χ2v) is 7.29. The molecule has 0 aliphatic heterocycles. The smallest absolute Gasteiger partial charge is 0.272 e. The largest absolute Gasteiger partial charge is 0.319 e. The number of allylic oxidation sites excluding steroid dienone is 2. The average molecular weight is 543 g/mol. The van der Waals surface area contributed by atoms with E-state index < -0.39 is 0 Å². The van der Waals surface area contributed by atoms with E-state index >= 15 is 0 Å². The Bertz CT molecular complexity index is 1540. The van der Waals surface area contributed by atoms with Crippen LogP contribution in [0.4, 0.5) is 0 Å². The van der Waals surface area contributed by atoms with Gasteiger partial charge in [-0.2, -0.15) is 0 Å². The van der Waals surface area contributed by atoms with Gasteiger partial charge in [-0.1, -0.05) is 78.0 Å². The molecule has 2 N–H and O–H groups in total. The summed E-state index contributed by atoms with van der Waals surface area (Å²) in [5.74, 6) is 0. The lowest BCUT2D eigenvalue weighted by Gasteiger charge is -2.00. The first-order chi connectivity index (χ1) is 19.5. The Hall–Kier alpha value is -4.58. The highest BCUT2D eigenvalue weighted by atomic mass is 16.1. The Balaban J connectivity index is 0.000000553. The van der Waals surface area contributed by atoms with E-state index in [-0.39, 0.29) is 11.1 Å². The minimum atomic E-state index is -0.0475. The van der Waals surface area contributed by atoms with Gasteiger partial charge in [0.1, 0.15) is 11.0 Å². The Morgan fingerprint density at radius 3 is 1.12 bits per heavy atom. The molecular formula is C34H46N4O2. The predicted octanol–water partition coefficient (Wildman–Crippen LogP) is 9.02. The van der Waals surface area contributed by atoms with E-state index in [2.05, 4.69) is 23.1 Å². The number of para-hydroxylation sites is 4. The first-order valence-corrected chi connectivity index (χ1v) is 13.9. The van der Waals surface area contributed by atoms with Crippen molar-refractivity contribution in [2.75, 3.05) is 0 Å². The van der Waals surface area contributed by atoms with Crippen LogP contribution in [0.15, 0.2) is 120 Å². The van der Waals surface area contributed by atoms with Crippen molar-refractivity contribution in [1.82, 2.24) is 18.8 Å². The van der Waals surface area contributed by atoms with Crippen LogP contribution in [0, 0.1) is 0 Å². The lowest BCUT2D eigenvalue weighted by molar-refractivity contribution is 1.19. The van der Waals surface area contributed by atoms with Gasteiger partial charge in [0, 0.05) is 12.4 Å². The number of aromatic amines is 2. The molecule has 0 amide bonds. The fourth-order valence-electron chi connectivity index (χ4n) is 3.50. The molecule has 4 heterocycles. The normalized spacial score (nSPS) is 8.90. The highest BCUT2D eigenvalue weighted by Gasteiger charge is 2.03.